The maximum atomic E-state index is 6.18. The minimum atomic E-state index is -0.376. The molecule has 1 aromatic carbocycles. The first-order valence-electron chi connectivity index (χ1n) is 10.6. The van der Waals surface area contributed by atoms with Crippen LogP contribution >= 0.6 is 0 Å². The van der Waals surface area contributed by atoms with Gasteiger partial charge in [0.25, 0.3) is 0 Å². The summed E-state index contributed by atoms with van der Waals surface area (Å²) in [6.07, 6.45) is 2.50. The van der Waals surface area contributed by atoms with E-state index >= 15 is 0 Å². The van der Waals surface area contributed by atoms with Crippen LogP contribution in [-0.4, -0.2) is 31.8 Å². The molecule has 2 aromatic rings. The van der Waals surface area contributed by atoms with Gasteiger partial charge >= 0.3 is 0 Å². The highest BCUT2D eigenvalue weighted by Gasteiger charge is 2.31. The van der Waals surface area contributed by atoms with Crippen molar-refractivity contribution in [3.8, 4) is 5.75 Å². The van der Waals surface area contributed by atoms with E-state index < -0.39 is 0 Å². The number of rotatable bonds is 11. The lowest BCUT2D eigenvalue weighted by molar-refractivity contribution is -0.118. The molecule has 1 aliphatic heterocycles. The zero-order valence-corrected chi connectivity index (χ0v) is 18.2. The van der Waals surface area contributed by atoms with Gasteiger partial charge in [-0.3, -0.25) is 4.98 Å². The average molecular weight is 399 g/mol. The van der Waals surface area contributed by atoms with Gasteiger partial charge in [-0.2, -0.15) is 0 Å². The molecule has 1 atom stereocenters. The maximum absolute atomic E-state index is 6.18. The molecule has 1 aromatic heterocycles. The fourth-order valence-corrected chi connectivity index (χ4v) is 3.71. The molecular formula is C24H34N2O3. The molecular weight excluding hydrogens is 364 g/mol. The van der Waals surface area contributed by atoms with Gasteiger partial charge in [0.1, 0.15) is 5.75 Å². The van der Waals surface area contributed by atoms with Crippen molar-refractivity contribution in [2.45, 2.75) is 52.9 Å². The van der Waals surface area contributed by atoms with E-state index in [9.17, 15) is 0 Å². The minimum absolute atomic E-state index is 0.376. The van der Waals surface area contributed by atoms with Crippen LogP contribution in [0.4, 0.5) is 0 Å². The summed E-state index contributed by atoms with van der Waals surface area (Å²) in [5.41, 5.74) is 5.29. The molecule has 0 fully saturated rings. The highest BCUT2D eigenvalue weighted by molar-refractivity contribution is 5.48. The number of benzene rings is 1. The molecule has 1 aliphatic rings. The molecule has 0 spiro atoms. The summed E-state index contributed by atoms with van der Waals surface area (Å²) in [6.45, 7) is 9.76. The first-order chi connectivity index (χ1) is 14.1. The molecule has 0 radical (unpaired) electrons. The molecule has 29 heavy (non-hydrogen) atoms. The number of hydrogen-bond donors (Lipinski definition) is 1. The van der Waals surface area contributed by atoms with Gasteiger partial charge < -0.3 is 19.5 Å². The Hall–Kier alpha value is -1.95. The van der Waals surface area contributed by atoms with Crippen molar-refractivity contribution in [2.75, 3.05) is 26.8 Å². The van der Waals surface area contributed by atoms with Crippen molar-refractivity contribution in [3.63, 3.8) is 0 Å². The normalized spacial score (nSPS) is 15.7. The number of aryl methyl sites for hydroxylation is 1. The SMILES string of the molecule is COC1OCc2c(OCCCCNCC(C)C)c(C)nc(Cc3ccccc3)c21. The second-order valence-corrected chi connectivity index (χ2v) is 8.06. The fourth-order valence-electron chi connectivity index (χ4n) is 3.71. The van der Waals surface area contributed by atoms with Crippen molar-refractivity contribution in [2.24, 2.45) is 5.92 Å². The Bertz CT molecular complexity index is 777. The summed E-state index contributed by atoms with van der Waals surface area (Å²) in [6, 6.07) is 10.4. The van der Waals surface area contributed by atoms with Crippen LogP contribution < -0.4 is 10.1 Å². The second-order valence-electron chi connectivity index (χ2n) is 8.06. The third kappa shape index (κ3) is 5.78. The van der Waals surface area contributed by atoms with Gasteiger partial charge in [0.2, 0.25) is 0 Å². The fraction of sp³-hybridized carbons (Fsp3) is 0.542. The predicted octanol–water partition coefficient (Wildman–Crippen LogP) is 4.56. The van der Waals surface area contributed by atoms with Crippen LogP contribution in [0.2, 0.25) is 0 Å². The van der Waals surface area contributed by atoms with Gasteiger partial charge in [-0.1, -0.05) is 44.2 Å². The van der Waals surface area contributed by atoms with Crippen LogP contribution in [-0.2, 0) is 22.5 Å². The summed E-state index contributed by atoms with van der Waals surface area (Å²) in [5.74, 6) is 1.55. The molecule has 3 rings (SSSR count). The smallest absolute Gasteiger partial charge is 0.186 e. The molecule has 5 nitrogen and oxygen atoms in total. The van der Waals surface area contributed by atoms with Crippen molar-refractivity contribution in [1.82, 2.24) is 10.3 Å². The second kappa shape index (κ2) is 10.7. The van der Waals surface area contributed by atoms with Gasteiger partial charge in [0.15, 0.2) is 6.29 Å². The van der Waals surface area contributed by atoms with E-state index in [1.807, 2.05) is 13.0 Å². The molecule has 1 unspecified atom stereocenters. The standard InChI is InChI=1S/C24H34N2O3/c1-17(2)15-25-12-8-9-13-28-23-18(3)26-21(14-19-10-6-5-7-11-19)22-20(23)16-29-24(22)27-4/h5-7,10-11,17,24-25H,8-9,12-16H2,1-4H3. The number of ether oxygens (including phenoxy) is 3. The number of nitrogens with zero attached hydrogens (tertiary/aromatic N) is 1. The average Bonchev–Trinajstić information content (AvgIpc) is 3.14. The van der Waals surface area contributed by atoms with E-state index in [4.69, 9.17) is 19.2 Å². The maximum Gasteiger partial charge on any atom is 0.186 e. The highest BCUT2D eigenvalue weighted by atomic mass is 16.7. The third-order valence-electron chi connectivity index (χ3n) is 5.13. The summed E-state index contributed by atoms with van der Waals surface area (Å²) in [4.78, 5) is 4.89. The van der Waals surface area contributed by atoms with Crippen LogP contribution in [0.3, 0.4) is 0 Å². The van der Waals surface area contributed by atoms with E-state index in [2.05, 4.69) is 43.4 Å². The lowest BCUT2D eigenvalue weighted by atomic mass is 10.00. The quantitative estimate of drug-likeness (QED) is 0.562. The Morgan fingerprint density at radius 3 is 2.72 bits per heavy atom. The minimum Gasteiger partial charge on any atom is -0.491 e. The molecule has 0 amide bonds. The largest absolute Gasteiger partial charge is 0.491 e. The van der Waals surface area contributed by atoms with Crippen LogP contribution in [0.15, 0.2) is 30.3 Å². The van der Waals surface area contributed by atoms with Crippen LogP contribution in [0, 0.1) is 12.8 Å². The first-order valence-corrected chi connectivity index (χ1v) is 10.6. The van der Waals surface area contributed by atoms with Crippen LogP contribution in [0.1, 0.15) is 61.1 Å². The lowest BCUT2D eigenvalue weighted by Gasteiger charge is -2.17. The molecule has 0 saturated carbocycles. The zero-order chi connectivity index (χ0) is 20.6. The van der Waals surface area contributed by atoms with Gasteiger partial charge in [-0.05, 0) is 44.3 Å². The topological polar surface area (TPSA) is 52.6 Å². The van der Waals surface area contributed by atoms with E-state index in [-0.39, 0.29) is 6.29 Å². The highest BCUT2D eigenvalue weighted by Crippen LogP contribution is 2.40. The monoisotopic (exact) mass is 398 g/mol. The van der Waals surface area contributed by atoms with Crippen LogP contribution in [0.25, 0.3) is 0 Å². The van der Waals surface area contributed by atoms with Crippen molar-refractivity contribution >= 4 is 0 Å². The van der Waals surface area contributed by atoms with Gasteiger partial charge in [0, 0.05) is 24.7 Å². The van der Waals surface area contributed by atoms with E-state index in [1.165, 1.54) is 5.56 Å². The summed E-state index contributed by atoms with van der Waals surface area (Å²) in [7, 11) is 1.68. The van der Waals surface area contributed by atoms with E-state index in [1.54, 1.807) is 7.11 Å². The van der Waals surface area contributed by atoms with Gasteiger partial charge in [0.05, 0.1) is 24.6 Å². The Morgan fingerprint density at radius 2 is 2.00 bits per heavy atom. The zero-order valence-electron chi connectivity index (χ0n) is 18.2. The van der Waals surface area contributed by atoms with E-state index in [0.717, 1.165) is 60.6 Å². The van der Waals surface area contributed by atoms with Crippen molar-refractivity contribution in [1.29, 1.82) is 0 Å². The number of unbranched alkanes of at least 4 members (excludes halogenated alkanes) is 1. The first kappa shape index (κ1) is 21.8. The van der Waals surface area contributed by atoms with Crippen LogP contribution in [0.5, 0.6) is 5.75 Å². The molecule has 0 saturated heterocycles. The van der Waals surface area contributed by atoms with Gasteiger partial charge in [-0.15, -0.1) is 0 Å². The summed E-state index contributed by atoms with van der Waals surface area (Å²) >= 11 is 0. The number of fused-ring (bicyclic) bond motifs is 1. The number of methoxy groups -OCH3 is 1. The number of nitrogens with one attached hydrogen (secondary N) is 1. The molecule has 158 valence electrons. The number of aromatic nitrogens is 1. The summed E-state index contributed by atoms with van der Waals surface area (Å²) < 4.78 is 17.6. The molecule has 0 bridgehead atoms. The molecule has 5 heteroatoms. The summed E-state index contributed by atoms with van der Waals surface area (Å²) in [5, 5.41) is 3.48. The Balaban J connectivity index is 1.68. The predicted molar refractivity (Wildman–Crippen MR) is 115 cm³/mol. The third-order valence-corrected chi connectivity index (χ3v) is 5.13. The number of pyridine rings is 1. The number of hydrogen-bond acceptors (Lipinski definition) is 5. The Labute approximate surface area is 174 Å². The molecule has 1 N–H and O–H groups in total. The molecule has 2 heterocycles. The Morgan fingerprint density at radius 1 is 1.21 bits per heavy atom. The van der Waals surface area contributed by atoms with E-state index in [0.29, 0.717) is 19.1 Å². The lowest BCUT2D eigenvalue weighted by Crippen LogP contribution is -2.21. The Kier molecular flexibility index (Phi) is 8.04. The molecule has 0 aliphatic carbocycles. The van der Waals surface area contributed by atoms with Crippen molar-refractivity contribution < 1.29 is 14.2 Å². The van der Waals surface area contributed by atoms with Crippen molar-refractivity contribution in [3.05, 3.63) is 58.4 Å². The van der Waals surface area contributed by atoms with Gasteiger partial charge in [-0.25, -0.2) is 0 Å².